The van der Waals surface area contributed by atoms with Gasteiger partial charge in [-0.2, -0.15) is 4.98 Å². The van der Waals surface area contributed by atoms with Crippen molar-refractivity contribution in [3.63, 3.8) is 0 Å². The summed E-state index contributed by atoms with van der Waals surface area (Å²) >= 11 is 0. The topological polar surface area (TPSA) is 88.2 Å². The molecule has 1 unspecified atom stereocenters. The molecule has 1 atom stereocenters. The molecule has 0 fully saturated rings. The predicted molar refractivity (Wildman–Crippen MR) is 110 cm³/mol. The van der Waals surface area contributed by atoms with E-state index in [2.05, 4.69) is 34.5 Å². The first-order valence-corrected chi connectivity index (χ1v) is 10.5. The number of benzene rings is 1. The summed E-state index contributed by atoms with van der Waals surface area (Å²) in [5, 5.41) is 15.1. The van der Waals surface area contributed by atoms with Gasteiger partial charge in [-0.05, 0) is 25.3 Å². The molecule has 154 valence electrons. The summed E-state index contributed by atoms with van der Waals surface area (Å²) in [7, 11) is 0. The summed E-state index contributed by atoms with van der Waals surface area (Å²) in [6, 6.07) is 8.02. The molecule has 28 heavy (non-hydrogen) atoms. The first-order chi connectivity index (χ1) is 13.6. The van der Waals surface area contributed by atoms with Gasteiger partial charge >= 0.3 is 6.09 Å². The second kappa shape index (κ2) is 12.2. The minimum atomic E-state index is -1.06. The van der Waals surface area contributed by atoms with Gasteiger partial charge < -0.3 is 14.9 Å². The molecule has 2 rings (SSSR count). The Morgan fingerprint density at radius 2 is 1.71 bits per heavy atom. The molecule has 0 spiro atoms. The zero-order valence-electron chi connectivity index (χ0n) is 17.1. The van der Waals surface area contributed by atoms with Crippen LogP contribution in [-0.2, 0) is 12.8 Å². The van der Waals surface area contributed by atoms with Crippen molar-refractivity contribution in [3.05, 3.63) is 35.7 Å². The number of rotatable bonds is 13. The maximum atomic E-state index is 10.6. The summed E-state index contributed by atoms with van der Waals surface area (Å²) < 4.78 is 5.23. The van der Waals surface area contributed by atoms with Crippen LogP contribution in [0, 0.1) is 0 Å². The van der Waals surface area contributed by atoms with Gasteiger partial charge in [0.25, 0.3) is 0 Å². The van der Waals surface area contributed by atoms with E-state index in [0.29, 0.717) is 18.1 Å². The number of hydrogen-bond donors (Lipinski definition) is 2. The molecule has 1 aromatic heterocycles. The van der Waals surface area contributed by atoms with Crippen LogP contribution in [0.15, 0.2) is 28.8 Å². The Kier molecular flexibility index (Phi) is 9.52. The number of nitrogens with one attached hydrogen (secondary N) is 1. The maximum absolute atomic E-state index is 10.6. The van der Waals surface area contributed by atoms with E-state index in [4.69, 9.17) is 9.63 Å². The normalized spacial score (nSPS) is 12.1. The highest BCUT2D eigenvalue weighted by molar-refractivity contribution is 5.64. The zero-order valence-corrected chi connectivity index (χ0v) is 17.1. The Morgan fingerprint density at radius 1 is 1.07 bits per heavy atom. The van der Waals surface area contributed by atoms with Crippen LogP contribution < -0.4 is 5.32 Å². The van der Waals surface area contributed by atoms with E-state index in [1.807, 2.05) is 12.1 Å². The average molecular weight is 388 g/mol. The van der Waals surface area contributed by atoms with Gasteiger partial charge in [0.1, 0.15) is 0 Å². The van der Waals surface area contributed by atoms with E-state index in [-0.39, 0.29) is 6.04 Å². The van der Waals surface area contributed by atoms with E-state index >= 15 is 0 Å². The van der Waals surface area contributed by atoms with Gasteiger partial charge in [-0.3, -0.25) is 0 Å². The van der Waals surface area contributed by atoms with E-state index in [9.17, 15) is 4.79 Å². The maximum Gasteiger partial charge on any atom is 0.404 e. The fourth-order valence-corrected chi connectivity index (χ4v) is 3.26. The Morgan fingerprint density at radius 3 is 2.36 bits per heavy atom. The number of amides is 1. The van der Waals surface area contributed by atoms with Crippen LogP contribution in [-0.4, -0.2) is 27.4 Å². The van der Waals surface area contributed by atoms with E-state index in [1.54, 1.807) is 6.92 Å². The lowest BCUT2D eigenvalue weighted by atomic mass is 10.0. The lowest BCUT2D eigenvalue weighted by Crippen LogP contribution is -2.32. The van der Waals surface area contributed by atoms with Crippen LogP contribution >= 0.6 is 0 Å². The van der Waals surface area contributed by atoms with Crippen LogP contribution in [0.1, 0.15) is 76.7 Å². The molecule has 0 aliphatic heterocycles. The molecule has 1 aromatic carbocycles. The molecule has 6 nitrogen and oxygen atoms in total. The summed E-state index contributed by atoms with van der Waals surface area (Å²) in [4.78, 5) is 15.0. The molecule has 6 heteroatoms. The van der Waals surface area contributed by atoms with Gasteiger partial charge in [0.05, 0.1) is 0 Å². The van der Waals surface area contributed by atoms with Crippen molar-refractivity contribution in [3.8, 4) is 11.4 Å². The number of carbonyl (C=O) groups is 1. The van der Waals surface area contributed by atoms with Gasteiger partial charge in [-0.15, -0.1) is 0 Å². The van der Waals surface area contributed by atoms with Crippen LogP contribution in [0.3, 0.4) is 0 Å². The average Bonchev–Trinajstić information content (AvgIpc) is 3.12. The van der Waals surface area contributed by atoms with Crippen molar-refractivity contribution in [1.82, 2.24) is 15.5 Å². The van der Waals surface area contributed by atoms with Crippen molar-refractivity contribution in [2.24, 2.45) is 0 Å². The lowest BCUT2D eigenvalue weighted by molar-refractivity contribution is 0.190. The number of aromatic nitrogens is 2. The first kappa shape index (κ1) is 21.9. The highest BCUT2D eigenvalue weighted by Crippen LogP contribution is 2.18. The standard InChI is InChI=1S/C22H33N3O3/c1-3-4-5-6-7-8-9-10-11-18-12-14-19(15-13-18)21-24-20(28-25-21)16-17(2)23-22(26)27/h12-15,17,23H,3-11,16H2,1-2H3,(H,26,27). The molecule has 1 heterocycles. The number of carboxylic acid groups (broad SMARTS) is 1. The summed E-state index contributed by atoms with van der Waals surface area (Å²) in [6.45, 7) is 4.02. The number of hydrogen-bond acceptors (Lipinski definition) is 4. The molecule has 2 aromatic rings. The Bertz CT molecular complexity index is 697. The predicted octanol–water partition coefficient (Wildman–Crippen LogP) is 5.62. The fourth-order valence-electron chi connectivity index (χ4n) is 3.26. The molecule has 1 amide bonds. The highest BCUT2D eigenvalue weighted by Gasteiger charge is 2.13. The van der Waals surface area contributed by atoms with Gasteiger partial charge in [0.15, 0.2) is 0 Å². The van der Waals surface area contributed by atoms with Crippen molar-refractivity contribution < 1.29 is 14.4 Å². The second-order valence-corrected chi connectivity index (χ2v) is 7.49. The molecule has 0 bridgehead atoms. The van der Waals surface area contributed by atoms with Gasteiger partial charge in [0.2, 0.25) is 11.7 Å². The Hall–Kier alpha value is -2.37. The van der Waals surface area contributed by atoms with Gasteiger partial charge in [0, 0.05) is 18.0 Å². The van der Waals surface area contributed by atoms with Crippen LogP contribution in [0.4, 0.5) is 4.79 Å². The summed E-state index contributed by atoms with van der Waals surface area (Å²) in [5.41, 5.74) is 2.24. The molecule has 0 saturated heterocycles. The van der Waals surface area contributed by atoms with Gasteiger partial charge in [-0.25, -0.2) is 4.79 Å². The SMILES string of the molecule is CCCCCCCCCCc1ccc(-c2noc(CC(C)NC(=O)O)n2)cc1. The molecule has 2 N–H and O–H groups in total. The largest absolute Gasteiger partial charge is 0.465 e. The molecular weight excluding hydrogens is 354 g/mol. The Balaban J connectivity index is 1.73. The van der Waals surface area contributed by atoms with E-state index in [0.717, 1.165) is 12.0 Å². The van der Waals surface area contributed by atoms with Crippen molar-refractivity contribution in [2.75, 3.05) is 0 Å². The third kappa shape index (κ3) is 8.11. The van der Waals surface area contributed by atoms with Crippen molar-refractivity contribution >= 4 is 6.09 Å². The third-order valence-electron chi connectivity index (χ3n) is 4.85. The first-order valence-electron chi connectivity index (χ1n) is 10.5. The monoisotopic (exact) mass is 387 g/mol. The molecule has 0 aliphatic carbocycles. The van der Waals surface area contributed by atoms with Crippen LogP contribution in [0.2, 0.25) is 0 Å². The van der Waals surface area contributed by atoms with Crippen LogP contribution in [0.5, 0.6) is 0 Å². The quantitative estimate of drug-likeness (QED) is 0.436. The highest BCUT2D eigenvalue weighted by atomic mass is 16.5. The number of unbranched alkanes of at least 4 members (excludes halogenated alkanes) is 7. The Labute approximate surface area is 167 Å². The fraction of sp³-hybridized carbons (Fsp3) is 0.591. The second-order valence-electron chi connectivity index (χ2n) is 7.49. The number of aryl methyl sites for hydroxylation is 1. The summed E-state index contributed by atoms with van der Waals surface area (Å²) in [6.07, 6.45) is 11.1. The third-order valence-corrected chi connectivity index (χ3v) is 4.85. The van der Waals surface area contributed by atoms with Crippen molar-refractivity contribution in [2.45, 2.75) is 84.1 Å². The zero-order chi connectivity index (χ0) is 20.2. The molecular formula is C22H33N3O3. The van der Waals surface area contributed by atoms with Crippen molar-refractivity contribution in [1.29, 1.82) is 0 Å². The van der Waals surface area contributed by atoms with E-state index in [1.165, 1.54) is 56.9 Å². The molecule has 0 radical (unpaired) electrons. The van der Waals surface area contributed by atoms with E-state index < -0.39 is 6.09 Å². The van der Waals surface area contributed by atoms with Crippen LogP contribution in [0.25, 0.3) is 11.4 Å². The van der Waals surface area contributed by atoms with Gasteiger partial charge in [-0.1, -0.05) is 81.3 Å². The molecule has 0 aliphatic rings. The minimum Gasteiger partial charge on any atom is -0.465 e. The minimum absolute atomic E-state index is 0.278. The number of nitrogens with zero attached hydrogens (tertiary/aromatic N) is 2. The smallest absolute Gasteiger partial charge is 0.404 e. The lowest BCUT2D eigenvalue weighted by Gasteiger charge is -2.07. The summed E-state index contributed by atoms with van der Waals surface area (Å²) in [5.74, 6) is 0.968. The molecule has 0 saturated carbocycles.